The van der Waals surface area contributed by atoms with Gasteiger partial charge in [-0.05, 0) is 43.0 Å². The van der Waals surface area contributed by atoms with Gasteiger partial charge in [0.2, 0.25) is 0 Å². The smallest absolute Gasteiger partial charge is 0.0503 e. The summed E-state index contributed by atoms with van der Waals surface area (Å²) in [5.74, 6) is 0.638. The number of hydrogen-bond acceptors (Lipinski definition) is 3. The van der Waals surface area contributed by atoms with E-state index in [1.54, 1.807) is 7.11 Å². The van der Waals surface area contributed by atoms with Crippen molar-refractivity contribution in [3.05, 3.63) is 34.3 Å². The van der Waals surface area contributed by atoms with E-state index in [1.165, 1.54) is 12.0 Å². The molecule has 3 nitrogen and oxygen atoms in total. The molecule has 112 valence electrons. The second kappa shape index (κ2) is 7.55. The van der Waals surface area contributed by atoms with E-state index in [-0.39, 0.29) is 6.04 Å². The van der Waals surface area contributed by atoms with Crippen LogP contribution in [0.2, 0.25) is 0 Å². The molecule has 1 aromatic carbocycles. The van der Waals surface area contributed by atoms with E-state index in [2.05, 4.69) is 52.0 Å². The minimum Gasteiger partial charge on any atom is -0.384 e. The predicted molar refractivity (Wildman–Crippen MR) is 86.7 cm³/mol. The summed E-state index contributed by atoms with van der Waals surface area (Å²) in [7, 11) is 1.78. The van der Waals surface area contributed by atoms with Gasteiger partial charge in [0.1, 0.15) is 0 Å². The summed E-state index contributed by atoms with van der Waals surface area (Å²) in [6, 6.07) is 9.02. The van der Waals surface area contributed by atoms with Crippen LogP contribution in [-0.4, -0.2) is 37.7 Å². The van der Waals surface area contributed by atoms with Crippen LogP contribution in [0.15, 0.2) is 28.7 Å². The fraction of sp³-hybridized carbons (Fsp3) is 0.625. The third-order valence-corrected chi connectivity index (χ3v) is 4.67. The summed E-state index contributed by atoms with van der Waals surface area (Å²) in [4.78, 5) is 2.53. The van der Waals surface area contributed by atoms with Crippen molar-refractivity contribution in [3.8, 4) is 0 Å². The van der Waals surface area contributed by atoms with Gasteiger partial charge >= 0.3 is 0 Å². The van der Waals surface area contributed by atoms with Crippen molar-refractivity contribution in [1.29, 1.82) is 0 Å². The van der Waals surface area contributed by atoms with Crippen molar-refractivity contribution >= 4 is 15.9 Å². The lowest BCUT2D eigenvalue weighted by atomic mass is 9.96. The van der Waals surface area contributed by atoms with Crippen LogP contribution < -0.4 is 5.73 Å². The van der Waals surface area contributed by atoms with Gasteiger partial charge < -0.3 is 10.5 Å². The van der Waals surface area contributed by atoms with E-state index >= 15 is 0 Å². The minimum absolute atomic E-state index is 0.172. The Morgan fingerprint density at radius 1 is 1.50 bits per heavy atom. The lowest BCUT2D eigenvalue weighted by molar-refractivity contribution is 0.142. The Balaban J connectivity index is 2.16. The van der Waals surface area contributed by atoms with Crippen molar-refractivity contribution in [3.63, 3.8) is 0 Å². The van der Waals surface area contributed by atoms with Crippen molar-refractivity contribution in [1.82, 2.24) is 4.90 Å². The topological polar surface area (TPSA) is 38.5 Å². The first kappa shape index (κ1) is 16.0. The number of likely N-dealkylation sites (tertiary alicyclic amines) is 1. The minimum atomic E-state index is 0.172. The maximum atomic E-state index is 6.41. The first-order chi connectivity index (χ1) is 9.65. The second-order valence-electron chi connectivity index (χ2n) is 5.68. The molecule has 3 unspecified atom stereocenters. The van der Waals surface area contributed by atoms with Crippen molar-refractivity contribution in [2.75, 3.05) is 26.8 Å². The SMILES string of the molecule is CCC(N)C(c1cccc(Br)c1)N1CCC(COC)C1. The number of benzene rings is 1. The maximum absolute atomic E-state index is 6.41. The monoisotopic (exact) mass is 340 g/mol. The van der Waals surface area contributed by atoms with Gasteiger partial charge in [0.15, 0.2) is 0 Å². The summed E-state index contributed by atoms with van der Waals surface area (Å²) >= 11 is 3.57. The van der Waals surface area contributed by atoms with Gasteiger partial charge in [-0.1, -0.05) is 35.0 Å². The van der Waals surface area contributed by atoms with Crippen molar-refractivity contribution in [2.45, 2.75) is 31.8 Å². The Kier molecular flexibility index (Phi) is 6.02. The van der Waals surface area contributed by atoms with Crippen LogP contribution in [0.4, 0.5) is 0 Å². The summed E-state index contributed by atoms with van der Waals surface area (Å²) in [6.45, 7) is 5.21. The second-order valence-corrected chi connectivity index (χ2v) is 6.59. The summed E-state index contributed by atoms with van der Waals surface area (Å²) in [5, 5.41) is 0. The van der Waals surface area contributed by atoms with Gasteiger partial charge in [-0.3, -0.25) is 4.90 Å². The average Bonchev–Trinajstić information content (AvgIpc) is 2.87. The van der Waals surface area contributed by atoms with E-state index in [1.807, 2.05) is 0 Å². The van der Waals surface area contributed by atoms with E-state index in [0.29, 0.717) is 12.0 Å². The van der Waals surface area contributed by atoms with Crippen LogP contribution >= 0.6 is 15.9 Å². The van der Waals surface area contributed by atoms with Crippen molar-refractivity contribution < 1.29 is 4.74 Å². The number of methoxy groups -OCH3 is 1. The molecule has 2 rings (SSSR count). The Bertz CT molecular complexity index is 427. The number of nitrogens with two attached hydrogens (primary N) is 1. The quantitative estimate of drug-likeness (QED) is 0.864. The third-order valence-electron chi connectivity index (χ3n) is 4.18. The van der Waals surface area contributed by atoms with Gasteiger partial charge in [0.05, 0.1) is 6.61 Å². The third kappa shape index (κ3) is 3.82. The molecule has 0 aliphatic carbocycles. The molecular formula is C16H25BrN2O. The van der Waals surface area contributed by atoms with E-state index in [9.17, 15) is 0 Å². The molecular weight excluding hydrogens is 316 g/mol. The van der Waals surface area contributed by atoms with Gasteiger partial charge in [-0.25, -0.2) is 0 Å². The molecule has 1 aromatic rings. The zero-order chi connectivity index (χ0) is 14.5. The van der Waals surface area contributed by atoms with Crippen LogP contribution in [0, 0.1) is 5.92 Å². The Labute approximate surface area is 130 Å². The Morgan fingerprint density at radius 3 is 2.95 bits per heavy atom. The number of halogens is 1. The molecule has 2 N–H and O–H groups in total. The largest absolute Gasteiger partial charge is 0.384 e. The molecule has 0 amide bonds. The molecule has 20 heavy (non-hydrogen) atoms. The van der Waals surface area contributed by atoms with E-state index < -0.39 is 0 Å². The number of rotatable bonds is 6. The van der Waals surface area contributed by atoms with E-state index in [4.69, 9.17) is 10.5 Å². The lowest BCUT2D eigenvalue weighted by Crippen LogP contribution is -2.40. The molecule has 1 heterocycles. The molecule has 0 radical (unpaired) electrons. The normalized spacial score (nSPS) is 22.9. The molecule has 1 aliphatic rings. The van der Waals surface area contributed by atoms with Crippen molar-refractivity contribution in [2.24, 2.45) is 11.7 Å². The predicted octanol–water partition coefficient (Wildman–Crippen LogP) is 3.20. The number of ether oxygens (including phenoxy) is 1. The molecule has 0 saturated carbocycles. The maximum Gasteiger partial charge on any atom is 0.0503 e. The van der Waals surface area contributed by atoms with Crippen LogP contribution in [-0.2, 0) is 4.74 Å². The molecule has 1 aliphatic heterocycles. The zero-order valence-corrected chi connectivity index (χ0v) is 14.0. The molecule has 3 atom stereocenters. The highest BCUT2D eigenvalue weighted by Gasteiger charge is 2.32. The van der Waals surface area contributed by atoms with E-state index in [0.717, 1.165) is 30.6 Å². The average molecular weight is 341 g/mol. The van der Waals surface area contributed by atoms with Crippen LogP contribution in [0.5, 0.6) is 0 Å². The Morgan fingerprint density at radius 2 is 2.30 bits per heavy atom. The lowest BCUT2D eigenvalue weighted by Gasteiger charge is -2.33. The van der Waals surface area contributed by atoms with Gasteiger partial charge in [0.25, 0.3) is 0 Å². The highest BCUT2D eigenvalue weighted by molar-refractivity contribution is 9.10. The fourth-order valence-electron chi connectivity index (χ4n) is 3.13. The molecule has 1 saturated heterocycles. The fourth-order valence-corrected chi connectivity index (χ4v) is 3.55. The summed E-state index contributed by atoms with van der Waals surface area (Å²) in [5.41, 5.74) is 7.72. The molecule has 4 heteroatoms. The summed E-state index contributed by atoms with van der Waals surface area (Å²) in [6.07, 6.45) is 2.19. The molecule has 0 bridgehead atoms. The molecule has 1 fully saturated rings. The number of nitrogens with zero attached hydrogens (tertiary/aromatic N) is 1. The summed E-state index contributed by atoms with van der Waals surface area (Å²) < 4.78 is 6.42. The molecule has 0 aromatic heterocycles. The van der Waals surface area contributed by atoms with Crippen LogP contribution in [0.3, 0.4) is 0 Å². The first-order valence-electron chi connectivity index (χ1n) is 7.39. The number of hydrogen-bond donors (Lipinski definition) is 1. The standard InChI is InChI=1S/C16H25BrN2O/c1-3-15(18)16(13-5-4-6-14(17)9-13)19-8-7-12(10-19)11-20-2/h4-6,9,12,15-16H,3,7-8,10-11,18H2,1-2H3. The van der Waals surface area contributed by atoms with Gasteiger partial charge in [-0.15, -0.1) is 0 Å². The van der Waals surface area contributed by atoms with Gasteiger partial charge in [0, 0.05) is 30.2 Å². The van der Waals surface area contributed by atoms with Crippen LogP contribution in [0.1, 0.15) is 31.4 Å². The zero-order valence-electron chi connectivity index (χ0n) is 12.4. The Hall–Kier alpha value is -0.420. The van der Waals surface area contributed by atoms with Crippen LogP contribution in [0.25, 0.3) is 0 Å². The molecule has 0 spiro atoms. The highest BCUT2D eigenvalue weighted by atomic mass is 79.9. The van der Waals surface area contributed by atoms with Gasteiger partial charge in [-0.2, -0.15) is 0 Å². The first-order valence-corrected chi connectivity index (χ1v) is 8.19. The highest BCUT2D eigenvalue weighted by Crippen LogP contribution is 2.31.